The van der Waals surface area contributed by atoms with Gasteiger partial charge in [-0.25, -0.2) is 4.79 Å². The second kappa shape index (κ2) is 11.6. The Hall–Kier alpha value is -3.53. The lowest BCUT2D eigenvalue weighted by atomic mass is 9.92. The first-order valence-corrected chi connectivity index (χ1v) is 10.4. The number of aromatic nitrogens is 1. The molecule has 1 aliphatic rings. The van der Waals surface area contributed by atoms with Crippen LogP contribution in [0.2, 0.25) is 0 Å². The lowest BCUT2D eigenvalue weighted by Gasteiger charge is -2.35. The largest absolute Gasteiger partial charge is 0.416 e. The van der Waals surface area contributed by atoms with Crippen LogP contribution in [0.25, 0.3) is 12.2 Å². The quantitative estimate of drug-likeness (QED) is 0.493. The van der Waals surface area contributed by atoms with Gasteiger partial charge >= 0.3 is 6.09 Å². The van der Waals surface area contributed by atoms with Crippen LogP contribution in [-0.2, 0) is 11.2 Å². The van der Waals surface area contributed by atoms with Crippen LogP contribution in [0.4, 0.5) is 4.79 Å². The fourth-order valence-electron chi connectivity index (χ4n) is 3.74. The molecule has 1 aromatic rings. The molecule has 1 aliphatic heterocycles. The number of carbonyl (C=O) groups is 1. The Labute approximate surface area is 185 Å². The summed E-state index contributed by atoms with van der Waals surface area (Å²) in [4.78, 5) is 18.5. The lowest BCUT2D eigenvalue weighted by Crippen LogP contribution is -2.41. The minimum Gasteiger partial charge on any atom is -0.410 e. The molecule has 0 spiro atoms. The average molecular weight is 417 g/mol. The van der Waals surface area contributed by atoms with Crippen LogP contribution in [0, 0.1) is 0 Å². The Morgan fingerprint density at radius 3 is 2.48 bits per heavy atom. The smallest absolute Gasteiger partial charge is 0.410 e. The Morgan fingerprint density at radius 2 is 1.90 bits per heavy atom. The lowest BCUT2D eigenvalue weighted by molar-refractivity contribution is 0.115. The Morgan fingerprint density at radius 1 is 1.13 bits per heavy atom. The molecule has 0 fully saturated rings. The van der Waals surface area contributed by atoms with Crippen molar-refractivity contribution >= 4 is 18.2 Å². The van der Waals surface area contributed by atoms with Crippen molar-refractivity contribution in [3.8, 4) is 0 Å². The van der Waals surface area contributed by atoms with E-state index >= 15 is 0 Å². The third-order valence-electron chi connectivity index (χ3n) is 5.06. The van der Waals surface area contributed by atoms with Gasteiger partial charge in [-0.05, 0) is 50.5 Å². The first-order valence-electron chi connectivity index (χ1n) is 10.4. The molecule has 0 saturated heterocycles. The minimum atomic E-state index is -0.416. The van der Waals surface area contributed by atoms with E-state index in [4.69, 9.17) is 4.74 Å². The van der Waals surface area contributed by atoms with Gasteiger partial charge in [0.05, 0.1) is 0 Å². The third kappa shape index (κ3) is 5.34. The fourth-order valence-corrected chi connectivity index (χ4v) is 3.74. The number of H-pyrrole nitrogens is 1. The van der Waals surface area contributed by atoms with Crippen molar-refractivity contribution in [3.05, 3.63) is 108 Å². The number of fused-ring (bicyclic) bond motifs is 1. The zero-order valence-electron chi connectivity index (χ0n) is 18.7. The molecule has 162 valence electrons. The van der Waals surface area contributed by atoms with E-state index in [9.17, 15) is 4.79 Å². The number of nitrogens with one attached hydrogen (secondary N) is 1. The first-order chi connectivity index (χ1) is 15.1. The van der Waals surface area contributed by atoms with E-state index in [1.807, 2.05) is 57.2 Å². The number of amides is 1. The van der Waals surface area contributed by atoms with Gasteiger partial charge in [0, 0.05) is 22.8 Å². The first kappa shape index (κ1) is 23.7. The van der Waals surface area contributed by atoms with Gasteiger partial charge in [0.2, 0.25) is 0 Å². The van der Waals surface area contributed by atoms with Crippen LogP contribution in [0.15, 0.2) is 85.8 Å². The van der Waals surface area contributed by atoms with Crippen LogP contribution in [0.5, 0.6) is 0 Å². The van der Waals surface area contributed by atoms with Crippen molar-refractivity contribution < 1.29 is 9.53 Å². The number of carbonyl (C=O) groups excluding carboxylic acids is 1. The summed E-state index contributed by atoms with van der Waals surface area (Å²) in [6.07, 6.45) is 20.6. The number of aromatic amines is 1. The highest BCUT2D eigenvalue weighted by atomic mass is 16.6. The summed E-state index contributed by atoms with van der Waals surface area (Å²) in [6, 6.07) is -0.341. The van der Waals surface area contributed by atoms with E-state index < -0.39 is 6.09 Å². The van der Waals surface area contributed by atoms with Gasteiger partial charge in [-0.1, -0.05) is 74.4 Å². The SMILES string of the molecule is C=C/C=c1/c2c([nH]/c1=C/C)[C@H](/C(C=C)=C/C=C\C)N(C(=O)OC(/C=C\C)=C/C=C)CC2. The van der Waals surface area contributed by atoms with Crippen LogP contribution in [0.3, 0.4) is 0 Å². The Bertz CT molecular complexity index is 1080. The van der Waals surface area contributed by atoms with E-state index in [0.717, 1.165) is 21.8 Å². The molecule has 0 radical (unpaired) electrons. The zero-order chi connectivity index (χ0) is 22.8. The molecular weight excluding hydrogens is 384 g/mol. The Balaban J connectivity index is 2.65. The Kier molecular flexibility index (Phi) is 8.89. The molecule has 2 rings (SSSR count). The van der Waals surface area contributed by atoms with Gasteiger partial charge < -0.3 is 9.72 Å². The molecule has 2 heterocycles. The molecule has 31 heavy (non-hydrogen) atoms. The number of hydrogen-bond acceptors (Lipinski definition) is 2. The molecule has 0 unspecified atom stereocenters. The molecule has 4 nitrogen and oxygen atoms in total. The topological polar surface area (TPSA) is 45.3 Å². The maximum absolute atomic E-state index is 13.2. The molecule has 0 saturated carbocycles. The molecule has 1 aromatic heterocycles. The fraction of sp³-hybridized carbons (Fsp3) is 0.222. The van der Waals surface area contributed by atoms with Gasteiger partial charge in [0.1, 0.15) is 11.8 Å². The van der Waals surface area contributed by atoms with Gasteiger partial charge in [0.25, 0.3) is 0 Å². The summed E-state index contributed by atoms with van der Waals surface area (Å²) < 4.78 is 5.69. The van der Waals surface area contributed by atoms with E-state index in [0.29, 0.717) is 18.7 Å². The van der Waals surface area contributed by atoms with Gasteiger partial charge in [-0.3, -0.25) is 4.90 Å². The van der Waals surface area contributed by atoms with Crippen molar-refractivity contribution in [2.45, 2.75) is 33.2 Å². The molecule has 0 aromatic carbocycles. The predicted octanol–water partition coefficient (Wildman–Crippen LogP) is 5.15. The maximum atomic E-state index is 13.2. The molecule has 1 amide bonds. The van der Waals surface area contributed by atoms with Crippen LogP contribution in [0.1, 0.15) is 38.1 Å². The summed E-state index contributed by atoms with van der Waals surface area (Å²) in [6.45, 7) is 17.9. The van der Waals surface area contributed by atoms with E-state index in [-0.39, 0.29) is 6.04 Å². The third-order valence-corrected chi connectivity index (χ3v) is 5.06. The molecule has 0 aliphatic carbocycles. The summed E-state index contributed by atoms with van der Waals surface area (Å²) in [5, 5.41) is 2.13. The van der Waals surface area contributed by atoms with Crippen LogP contribution < -0.4 is 10.6 Å². The standard InChI is InChI=1S/C27H32N2O2/c1-7-13-17-20(11-5)26-25-23(22(16-10-4)24(12-6)28-25)18-19-29(26)27(30)31-21(14-8-2)15-9-3/h7-17,26,28H,2,4-5,18-19H2,1,3,6H3/b13-7-,15-9-,20-17+,21-14+,22-16-,24-12+/t26-/m0/s1. The van der Waals surface area contributed by atoms with Crippen molar-refractivity contribution in [1.29, 1.82) is 0 Å². The molecule has 0 bridgehead atoms. The van der Waals surface area contributed by atoms with E-state index in [2.05, 4.69) is 24.7 Å². The highest BCUT2D eigenvalue weighted by Crippen LogP contribution is 2.34. The van der Waals surface area contributed by atoms with Crippen LogP contribution >= 0.6 is 0 Å². The highest BCUT2D eigenvalue weighted by molar-refractivity contribution is 5.72. The summed E-state index contributed by atoms with van der Waals surface area (Å²) in [7, 11) is 0. The summed E-state index contributed by atoms with van der Waals surface area (Å²) in [5.74, 6) is 0.444. The van der Waals surface area contributed by atoms with Crippen LogP contribution in [-0.4, -0.2) is 22.5 Å². The summed E-state index contributed by atoms with van der Waals surface area (Å²) >= 11 is 0. The number of hydrogen-bond donors (Lipinski definition) is 1. The van der Waals surface area contributed by atoms with Crippen molar-refractivity contribution in [2.24, 2.45) is 0 Å². The normalized spacial score (nSPS) is 18.5. The number of ether oxygens (including phenoxy) is 1. The van der Waals surface area contributed by atoms with Gasteiger partial charge in [-0.2, -0.15) is 0 Å². The number of rotatable bonds is 7. The van der Waals surface area contributed by atoms with Crippen molar-refractivity contribution in [3.63, 3.8) is 0 Å². The monoisotopic (exact) mass is 416 g/mol. The zero-order valence-corrected chi connectivity index (χ0v) is 18.7. The molecule has 4 heteroatoms. The van der Waals surface area contributed by atoms with E-state index in [1.165, 1.54) is 5.56 Å². The van der Waals surface area contributed by atoms with Gasteiger partial charge in [-0.15, -0.1) is 0 Å². The minimum absolute atomic E-state index is 0.341. The molecule has 1 atom stereocenters. The predicted molar refractivity (Wildman–Crippen MR) is 131 cm³/mol. The van der Waals surface area contributed by atoms with Gasteiger partial charge in [0.15, 0.2) is 0 Å². The number of allylic oxidation sites excluding steroid dienone is 8. The summed E-state index contributed by atoms with van der Waals surface area (Å²) in [5.41, 5.74) is 3.07. The van der Waals surface area contributed by atoms with E-state index in [1.54, 1.807) is 35.3 Å². The second-order valence-corrected chi connectivity index (χ2v) is 6.95. The second-order valence-electron chi connectivity index (χ2n) is 6.95. The van der Waals surface area contributed by atoms with Crippen molar-refractivity contribution in [2.75, 3.05) is 6.54 Å². The van der Waals surface area contributed by atoms with Crippen molar-refractivity contribution in [1.82, 2.24) is 9.88 Å². The molecular formula is C27H32N2O2. The number of nitrogens with zero attached hydrogens (tertiary/aromatic N) is 1. The maximum Gasteiger partial charge on any atom is 0.416 e. The average Bonchev–Trinajstić information content (AvgIpc) is 3.12. The highest BCUT2D eigenvalue weighted by Gasteiger charge is 2.35. The molecule has 1 N–H and O–H groups in total.